The summed E-state index contributed by atoms with van der Waals surface area (Å²) in [7, 11) is 0. The number of aryl methyl sites for hydroxylation is 2. The lowest BCUT2D eigenvalue weighted by atomic mass is 10.1. The number of nitrogens with two attached hydrogens (primary N) is 1. The average molecular weight is 182 g/mol. The lowest BCUT2D eigenvalue weighted by molar-refractivity contribution is 0.318. The average Bonchev–Trinajstić information content (AvgIpc) is 2.10. The molecule has 0 aliphatic carbocycles. The predicted molar refractivity (Wildman–Crippen MR) is 48.4 cm³/mol. The largest absolute Gasteiger partial charge is 0.409 e. The summed E-state index contributed by atoms with van der Waals surface area (Å²) in [5.74, 6) is -0.681. The van der Waals surface area contributed by atoms with Crippen molar-refractivity contribution >= 4 is 5.84 Å². The van der Waals surface area contributed by atoms with Crippen molar-refractivity contribution in [2.24, 2.45) is 10.9 Å². The number of amidine groups is 1. The van der Waals surface area contributed by atoms with Gasteiger partial charge in [-0.25, -0.2) is 4.39 Å². The highest BCUT2D eigenvalue weighted by molar-refractivity contribution is 5.97. The molecule has 0 aliphatic heterocycles. The molecule has 1 aromatic rings. The second-order valence-electron chi connectivity index (χ2n) is 2.90. The van der Waals surface area contributed by atoms with E-state index in [0.717, 1.165) is 11.1 Å². The molecule has 0 bridgehead atoms. The fraction of sp³-hybridized carbons (Fsp3) is 0.222. The van der Waals surface area contributed by atoms with Gasteiger partial charge in [0.15, 0.2) is 5.84 Å². The van der Waals surface area contributed by atoms with Gasteiger partial charge in [0.25, 0.3) is 0 Å². The molecule has 3 nitrogen and oxygen atoms in total. The molecule has 0 saturated heterocycles. The summed E-state index contributed by atoms with van der Waals surface area (Å²) >= 11 is 0. The second-order valence-corrected chi connectivity index (χ2v) is 2.90. The molecular weight excluding hydrogens is 171 g/mol. The fourth-order valence-electron chi connectivity index (χ4n) is 1.03. The highest BCUT2D eigenvalue weighted by Gasteiger charge is 2.08. The first kappa shape index (κ1) is 9.51. The molecule has 1 aromatic carbocycles. The standard InChI is InChI=1S/C9H11FN2O/c1-5-3-7(9(11)12-13)8(10)4-6(5)2/h3-4,13H,1-2H3,(H2,11,12). The van der Waals surface area contributed by atoms with Gasteiger partial charge in [-0.05, 0) is 37.1 Å². The summed E-state index contributed by atoms with van der Waals surface area (Å²) in [6.45, 7) is 3.64. The molecular formula is C9H11FN2O. The number of nitrogens with zero attached hydrogens (tertiary/aromatic N) is 1. The number of halogens is 1. The lowest BCUT2D eigenvalue weighted by Crippen LogP contribution is -2.15. The topological polar surface area (TPSA) is 58.6 Å². The first-order valence-corrected chi connectivity index (χ1v) is 3.81. The Morgan fingerprint density at radius 1 is 1.38 bits per heavy atom. The molecule has 0 radical (unpaired) electrons. The highest BCUT2D eigenvalue weighted by atomic mass is 19.1. The Bertz CT molecular complexity index is 361. The Labute approximate surface area is 75.7 Å². The Kier molecular flexibility index (Phi) is 2.51. The van der Waals surface area contributed by atoms with E-state index in [4.69, 9.17) is 10.9 Å². The van der Waals surface area contributed by atoms with E-state index in [1.54, 1.807) is 13.0 Å². The van der Waals surface area contributed by atoms with Crippen molar-refractivity contribution in [3.63, 3.8) is 0 Å². The van der Waals surface area contributed by atoms with E-state index in [2.05, 4.69) is 5.16 Å². The van der Waals surface area contributed by atoms with E-state index in [1.165, 1.54) is 6.07 Å². The molecule has 0 heterocycles. The molecule has 0 fully saturated rings. The van der Waals surface area contributed by atoms with Crippen LogP contribution in [0.15, 0.2) is 17.3 Å². The number of hydrogen-bond acceptors (Lipinski definition) is 2. The van der Waals surface area contributed by atoms with Crippen LogP contribution in [0.3, 0.4) is 0 Å². The van der Waals surface area contributed by atoms with Gasteiger partial charge >= 0.3 is 0 Å². The van der Waals surface area contributed by atoms with E-state index in [0.29, 0.717) is 0 Å². The van der Waals surface area contributed by atoms with E-state index in [-0.39, 0.29) is 11.4 Å². The van der Waals surface area contributed by atoms with Gasteiger partial charge in [0, 0.05) is 0 Å². The van der Waals surface area contributed by atoms with Gasteiger partial charge in [-0.1, -0.05) is 5.16 Å². The van der Waals surface area contributed by atoms with Crippen LogP contribution < -0.4 is 5.73 Å². The van der Waals surface area contributed by atoms with Crippen LogP contribution in [0, 0.1) is 19.7 Å². The maximum atomic E-state index is 13.2. The van der Waals surface area contributed by atoms with Gasteiger partial charge in [-0.15, -0.1) is 0 Å². The minimum Gasteiger partial charge on any atom is -0.409 e. The molecule has 4 heteroatoms. The van der Waals surface area contributed by atoms with Crippen LogP contribution in [-0.2, 0) is 0 Å². The Hall–Kier alpha value is -1.58. The predicted octanol–water partition coefficient (Wildman–Crippen LogP) is 1.54. The van der Waals surface area contributed by atoms with E-state index in [9.17, 15) is 4.39 Å². The minimum absolute atomic E-state index is 0.130. The monoisotopic (exact) mass is 182 g/mol. The molecule has 13 heavy (non-hydrogen) atoms. The first-order valence-electron chi connectivity index (χ1n) is 3.81. The summed E-state index contributed by atoms with van der Waals surface area (Å²) < 4.78 is 13.2. The van der Waals surface area contributed by atoms with Gasteiger partial charge in [0.1, 0.15) is 5.82 Å². The Morgan fingerprint density at radius 3 is 2.46 bits per heavy atom. The van der Waals surface area contributed by atoms with Gasteiger partial charge < -0.3 is 10.9 Å². The number of oxime groups is 1. The van der Waals surface area contributed by atoms with E-state index in [1.807, 2.05) is 6.92 Å². The molecule has 0 unspecified atom stereocenters. The molecule has 0 saturated carbocycles. The molecule has 0 aliphatic rings. The smallest absolute Gasteiger partial charge is 0.173 e. The number of hydrogen-bond donors (Lipinski definition) is 2. The quantitative estimate of drug-likeness (QED) is 0.299. The third kappa shape index (κ3) is 1.77. The summed E-state index contributed by atoms with van der Waals surface area (Å²) in [6.07, 6.45) is 0. The van der Waals surface area contributed by atoms with Crippen molar-refractivity contribution in [1.29, 1.82) is 0 Å². The van der Waals surface area contributed by atoms with Crippen LogP contribution >= 0.6 is 0 Å². The lowest BCUT2D eigenvalue weighted by Gasteiger charge is -2.05. The maximum absolute atomic E-state index is 13.2. The van der Waals surface area contributed by atoms with Crippen molar-refractivity contribution in [2.75, 3.05) is 0 Å². The summed E-state index contributed by atoms with van der Waals surface area (Å²) in [5, 5.41) is 11.1. The van der Waals surface area contributed by atoms with Crippen LogP contribution in [0.25, 0.3) is 0 Å². The zero-order valence-electron chi connectivity index (χ0n) is 7.50. The van der Waals surface area contributed by atoms with Gasteiger partial charge in [-0.2, -0.15) is 0 Å². The van der Waals surface area contributed by atoms with Crippen molar-refractivity contribution in [3.05, 3.63) is 34.6 Å². The van der Waals surface area contributed by atoms with Crippen LogP contribution in [0.1, 0.15) is 16.7 Å². The van der Waals surface area contributed by atoms with E-state index >= 15 is 0 Å². The van der Waals surface area contributed by atoms with Crippen LogP contribution in [0.5, 0.6) is 0 Å². The van der Waals surface area contributed by atoms with Gasteiger partial charge in [0.2, 0.25) is 0 Å². The van der Waals surface area contributed by atoms with Crippen molar-refractivity contribution in [3.8, 4) is 0 Å². The number of rotatable bonds is 1. The van der Waals surface area contributed by atoms with Crippen molar-refractivity contribution in [2.45, 2.75) is 13.8 Å². The molecule has 0 amide bonds. The molecule has 0 atom stereocenters. The molecule has 3 N–H and O–H groups in total. The second kappa shape index (κ2) is 3.43. The Balaban J connectivity index is 3.32. The van der Waals surface area contributed by atoms with Crippen LogP contribution in [0.2, 0.25) is 0 Å². The van der Waals surface area contributed by atoms with Crippen LogP contribution in [0.4, 0.5) is 4.39 Å². The zero-order chi connectivity index (χ0) is 10.0. The third-order valence-corrected chi connectivity index (χ3v) is 1.97. The van der Waals surface area contributed by atoms with Crippen molar-refractivity contribution < 1.29 is 9.60 Å². The normalized spacial score (nSPS) is 11.8. The highest BCUT2D eigenvalue weighted by Crippen LogP contribution is 2.14. The molecule has 0 aromatic heterocycles. The molecule has 1 rings (SSSR count). The summed E-state index contributed by atoms with van der Waals surface area (Å²) in [6, 6.07) is 2.92. The summed E-state index contributed by atoms with van der Waals surface area (Å²) in [4.78, 5) is 0. The first-order chi connectivity index (χ1) is 6.06. The number of benzene rings is 1. The maximum Gasteiger partial charge on any atom is 0.173 e. The van der Waals surface area contributed by atoms with Gasteiger partial charge in [-0.3, -0.25) is 0 Å². The molecule has 0 spiro atoms. The molecule has 70 valence electrons. The summed E-state index contributed by atoms with van der Waals surface area (Å²) in [5.41, 5.74) is 7.15. The van der Waals surface area contributed by atoms with E-state index < -0.39 is 5.82 Å². The third-order valence-electron chi connectivity index (χ3n) is 1.97. The zero-order valence-corrected chi connectivity index (χ0v) is 7.50. The Morgan fingerprint density at radius 2 is 1.92 bits per heavy atom. The van der Waals surface area contributed by atoms with Crippen molar-refractivity contribution in [1.82, 2.24) is 0 Å². The van der Waals surface area contributed by atoms with Crippen LogP contribution in [-0.4, -0.2) is 11.0 Å². The SMILES string of the molecule is Cc1cc(F)c(/C(N)=N/O)cc1C. The minimum atomic E-state index is -0.474. The fourth-order valence-corrected chi connectivity index (χ4v) is 1.03. The van der Waals surface area contributed by atoms with Gasteiger partial charge in [0.05, 0.1) is 5.56 Å².